The molecule has 0 spiro atoms. The van der Waals surface area contributed by atoms with Gasteiger partial charge in [0.25, 0.3) is 11.5 Å². The number of benzene rings is 3. The minimum Gasteiger partial charge on any atom is -0.373 e. The highest BCUT2D eigenvalue weighted by atomic mass is 19.2. The molecule has 0 saturated heterocycles. The van der Waals surface area contributed by atoms with Gasteiger partial charge in [0.1, 0.15) is 0 Å². The highest BCUT2D eigenvalue weighted by Crippen LogP contribution is 2.38. The van der Waals surface area contributed by atoms with Crippen molar-refractivity contribution in [3.05, 3.63) is 117 Å². The fraction of sp³-hybridized carbons (Fsp3) is 0.185. The monoisotopic (exact) mass is 476 g/mol. The first-order chi connectivity index (χ1) is 16.8. The maximum atomic E-state index is 14.2. The van der Waals surface area contributed by atoms with Crippen LogP contribution in [0.25, 0.3) is 10.8 Å². The number of likely N-dealkylation sites (N-methyl/N-ethyl adjacent to an activating group) is 1. The number of pyridine rings is 1. The minimum atomic E-state index is -2.02. The molecule has 0 aliphatic carbocycles. The van der Waals surface area contributed by atoms with Gasteiger partial charge in [-0.15, -0.1) is 0 Å². The number of hydrogen-bond acceptors (Lipinski definition) is 4. The van der Waals surface area contributed by atoms with Crippen molar-refractivity contribution >= 4 is 16.7 Å². The van der Waals surface area contributed by atoms with E-state index in [1.165, 1.54) is 11.9 Å². The quantitative estimate of drug-likeness (QED) is 0.470. The van der Waals surface area contributed by atoms with Crippen molar-refractivity contribution in [1.29, 1.82) is 0 Å². The molecular formula is C27H22F2N2O4. The van der Waals surface area contributed by atoms with Gasteiger partial charge in [-0.05, 0) is 28.6 Å². The second-order valence-electron chi connectivity index (χ2n) is 8.55. The van der Waals surface area contributed by atoms with Crippen LogP contribution in [-0.4, -0.2) is 34.6 Å². The van der Waals surface area contributed by atoms with Gasteiger partial charge in [0.2, 0.25) is 0 Å². The molecule has 5 rings (SSSR count). The van der Waals surface area contributed by atoms with Crippen molar-refractivity contribution in [2.45, 2.75) is 18.2 Å². The van der Waals surface area contributed by atoms with Crippen LogP contribution in [0.5, 0.6) is 0 Å². The van der Waals surface area contributed by atoms with Crippen LogP contribution in [0.2, 0.25) is 0 Å². The summed E-state index contributed by atoms with van der Waals surface area (Å²) < 4.78 is 33.8. The highest BCUT2D eigenvalue weighted by Gasteiger charge is 2.44. The molecule has 1 aromatic heterocycles. The summed E-state index contributed by atoms with van der Waals surface area (Å²) in [5.41, 5.74) is -1.04. The number of carbonyl (C=O) groups excluding carboxylic acids is 1. The van der Waals surface area contributed by atoms with Gasteiger partial charge < -0.3 is 19.7 Å². The zero-order chi connectivity index (χ0) is 24.7. The van der Waals surface area contributed by atoms with E-state index in [1.807, 2.05) is 0 Å². The largest absolute Gasteiger partial charge is 0.373 e. The average Bonchev–Trinajstić information content (AvgIpc) is 2.89. The molecule has 1 amide bonds. The first-order valence-corrected chi connectivity index (χ1v) is 11.0. The normalized spacial score (nSPS) is 15.6. The number of hydrogen-bond donors (Lipinski definition) is 2. The molecule has 1 aliphatic heterocycles. The van der Waals surface area contributed by atoms with E-state index in [4.69, 9.17) is 4.74 Å². The lowest BCUT2D eigenvalue weighted by atomic mass is 9.84. The molecule has 8 heteroatoms. The standard InChI is InChI=1S/C27H22F2N2O4/c1-31(26(33)27(34,16-8-4-2-5-9-16)17-10-6-3-7-11-17)23-15-35-14-22-24(23)18-12-20(28)21(29)13-19(18)25(32)30-22/h2-13,23,34H,14-15H2,1H3,(H,30,32)/t23-/m1/s1. The summed E-state index contributed by atoms with van der Waals surface area (Å²) >= 11 is 0. The maximum Gasteiger partial charge on any atom is 0.264 e. The van der Waals surface area contributed by atoms with Gasteiger partial charge >= 0.3 is 0 Å². The van der Waals surface area contributed by atoms with E-state index in [9.17, 15) is 23.5 Å². The lowest BCUT2D eigenvalue weighted by molar-refractivity contribution is -0.151. The summed E-state index contributed by atoms with van der Waals surface area (Å²) in [5.74, 6) is -2.88. The molecule has 4 aromatic rings. The second kappa shape index (κ2) is 8.72. The number of ether oxygens (including phenoxy) is 1. The number of aromatic amines is 1. The van der Waals surface area contributed by atoms with Gasteiger partial charge in [-0.25, -0.2) is 8.78 Å². The Labute approximate surface area is 199 Å². The summed E-state index contributed by atoms with van der Waals surface area (Å²) in [5, 5.41) is 12.1. The molecule has 6 nitrogen and oxygen atoms in total. The Balaban J connectivity index is 1.67. The molecule has 2 N–H and O–H groups in total. The predicted molar refractivity (Wildman–Crippen MR) is 126 cm³/mol. The Hall–Kier alpha value is -3.88. The van der Waals surface area contributed by atoms with Gasteiger partial charge in [-0.1, -0.05) is 60.7 Å². The van der Waals surface area contributed by atoms with Crippen molar-refractivity contribution in [2.75, 3.05) is 13.7 Å². The first-order valence-electron chi connectivity index (χ1n) is 11.0. The fourth-order valence-electron chi connectivity index (χ4n) is 4.72. The van der Waals surface area contributed by atoms with E-state index in [1.54, 1.807) is 60.7 Å². The number of amides is 1. The molecule has 35 heavy (non-hydrogen) atoms. The first kappa shape index (κ1) is 22.9. The zero-order valence-electron chi connectivity index (χ0n) is 18.8. The lowest BCUT2D eigenvalue weighted by Crippen LogP contribution is -2.49. The van der Waals surface area contributed by atoms with E-state index < -0.39 is 34.7 Å². The lowest BCUT2D eigenvalue weighted by Gasteiger charge is -2.38. The van der Waals surface area contributed by atoms with E-state index in [0.717, 1.165) is 12.1 Å². The minimum absolute atomic E-state index is 0.0308. The second-order valence-corrected chi connectivity index (χ2v) is 8.55. The van der Waals surface area contributed by atoms with Crippen LogP contribution in [0.15, 0.2) is 77.6 Å². The molecule has 2 heterocycles. The number of fused-ring (bicyclic) bond motifs is 3. The Morgan fingerprint density at radius 1 is 1.00 bits per heavy atom. The van der Waals surface area contributed by atoms with Crippen LogP contribution in [0.3, 0.4) is 0 Å². The number of nitrogens with one attached hydrogen (secondary N) is 1. The molecule has 1 atom stereocenters. The van der Waals surface area contributed by atoms with Crippen LogP contribution >= 0.6 is 0 Å². The van der Waals surface area contributed by atoms with Gasteiger partial charge in [-0.2, -0.15) is 0 Å². The SMILES string of the molecule is CN(C(=O)C(O)(c1ccccc1)c1ccccc1)[C@@H]1COCc2[nH]c(=O)c3cc(F)c(F)cc3c21. The summed E-state index contributed by atoms with van der Waals surface area (Å²) in [6.45, 7) is 0.0781. The number of rotatable bonds is 4. The molecule has 0 saturated carbocycles. The number of halogens is 2. The third-order valence-electron chi connectivity index (χ3n) is 6.52. The number of carbonyl (C=O) groups is 1. The third-order valence-corrected chi connectivity index (χ3v) is 6.52. The van der Waals surface area contributed by atoms with Crippen LogP contribution < -0.4 is 5.56 Å². The van der Waals surface area contributed by atoms with Crippen molar-refractivity contribution in [1.82, 2.24) is 9.88 Å². The number of H-pyrrole nitrogens is 1. The van der Waals surface area contributed by atoms with Crippen LogP contribution in [0.4, 0.5) is 8.78 Å². The average molecular weight is 476 g/mol. The van der Waals surface area contributed by atoms with Gasteiger partial charge in [0.15, 0.2) is 17.2 Å². The van der Waals surface area contributed by atoms with Gasteiger partial charge in [0, 0.05) is 18.3 Å². The molecule has 0 unspecified atom stereocenters. The maximum absolute atomic E-state index is 14.2. The van der Waals surface area contributed by atoms with Crippen LogP contribution in [0, 0.1) is 11.6 Å². The van der Waals surface area contributed by atoms with Crippen molar-refractivity contribution in [3.63, 3.8) is 0 Å². The Bertz CT molecular complexity index is 1430. The number of aromatic nitrogens is 1. The molecule has 0 radical (unpaired) electrons. The molecule has 0 bridgehead atoms. The molecule has 178 valence electrons. The van der Waals surface area contributed by atoms with E-state index in [0.29, 0.717) is 22.4 Å². The Kier molecular flexibility index (Phi) is 5.70. The Morgan fingerprint density at radius 2 is 1.54 bits per heavy atom. The van der Waals surface area contributed by atoms with Gasteiger partial charge in [0.05, 0.1) is 24.6 Å². The Morgan fingerprint density at radius 3 is 2.11 bits per heavy atom. The van der Waals surface area contributed by atoms with Gasteiger partial charge in [-0.3, -0.25) is 9.59 Å². The van der Waals surface area contributed by atoms with Crippen molar-refractivity contribution in [3.8, 4) is 0 Å². The smallest absolute Gasteiger partial charge is 0.264 e. The van der Waals surface area contributed by atoms with E-state index in [-0.39, 0.29) is 24.0 Å². The topological polar surface area (TPSA) is 82.6 Å². The number of aliphatic hydroxyl groups is 1. The fourth-order valence-corrected chi connectivity index (χ4v) is 4.72. The zero-order valence-corrected chi connectivity index (χ0v) is 18.8. The van der Waals surface area contributed by atoms with Crippen molar-refractivity contribution < 1.29 is 23.4 Å². The summed E-state index contributed by atoms with van der Waals surface area (Å²) in [7, 11) is 1.51. The van der Waals surface area contributed by atoms with E-state index >= 15 is 0 Å². The summed E-state index contributed by atoms with van der Waals surface area (Å²) in [4.78, 5) is 30.6. The summed E-state index contributed by atoms with van der Waals surface area (Å²) in [6, 6.07) is 18.2. The third kappa shape index (κ3) is 3.71. The van der Waals surface area contributed by atoms with Crippen LogP contribution in [-0.2, 0) is 21.7 Å². The number of nitrogens with zero attached hydrogens (tertiary/aromatic N) is 1. The predicted octanol–water partition coefficient (Wildman–Crippen LogP) is 3.77. The molecule has 0 fully saturated rings. The van der Waals surface area contributed by atoms with E-state index in [2.05, 4.69) is 4.98 Å². The van der Waals surface area contributed by atoms with Crippen molar-refractivity contribution in [2.24, 2.45) is 0 Å². The highest BCUT2D eigenvalue weighted by molar-refractivity contribution is 5.92. The summed E-state index contributed by atoms with van der Waals surface area (Å²) in [6.07, 6.45) is 0. The molecular weight excluding hydrogens is 454 g/mol. The molecule has 3 aromatic carbocycles. The van der Waals surface area contributed by atoms with Crippen LogP contribution in [0.1, 0.15) is 28.4 Å². The molecule has 1 aliphatic rings.